The molecule has 0 aliphatic carbocycles. The van der Waals surface area contributed by atoms with E-state index in [1.54, 1.807) is 0 Å². The molecule has 1 aromatic carbocycles. The van der Waals surface area contributed by atoms with Crippen LogP contribution in [0.4, 0.5) is 17.6 Å². The van der Waals surface area contributed by atoms with Gasteiger partial charge in [-0.3, -0.25) is 4.79 Å². The van der Waals surface area contributed by atoms with E-state index in [4.69, 9.17) is 0 Å². The number of rotatable bonds is 5. The monoisotopic (exact) mass is 348 g/mol. The van der Waals surface area contributed by atoms with Crippen molar-refractivity contribution in [1.29, 1.82) is 0 Å². The lowest BCUT2D eigenvalue weighted by Crippen LogP contribution is -2.37. The number of halogens is 4. The van der Waals surface area contributed by atoms with Crippen molar-refractivity contribution in [2.24, 2.45) is 0 Å². The lowest BCUT2D eigenvalue weighted by atomic mass is 10.1. The summed E-state index contributed by atoms with van der Waals surface area (Å²) in [4.78, 5) is 14.1. The van der Waals surface area contributed by atoms with E-state index in [-0.39, 0.29) is 12.6 Å². The number of carbonyl (C=O) groups is 1. The molecule has 1 heterocycles. The van der Waals surface area contributed by atoms with Crippen LogP contribution >= 0.6 is 0 Å². The van der Waals surface area contributed by atoms with Gasteiger partial charge in [0.15, 0.2) is 0 Å². The summed E-state index contributed by atoms with van der Waals surface area (Å²) in [7, 11) is 0. The van der Waals surface area contributed by atoms with Gasteiger partial charge >= 0.3 is 6.18 Å². The molecule has 1 saturated heterocycles. The van der Waals surface area contributed by atoms with E-state index < -0.39 is 29.0 Å². The van der Waals surface area contributed by atoms with Gasteiger partial charge in [0.1, 0.15) is 5.82 Å². The molecule has 1 amide bonds. The molecule has 0 unspecified atom stereocenters. The molecule has 1 aliphatic rings. The fourth-order valence-corrected chi connectivity index (χ4v) is 2.69. The Bertz CT molecular complexity index is 570. The summed E-state index contributed by atoms with van der Waals surface area (Å²) in [6.07, 6.45) is -3.05. The average molecular weight is 348 g/mol. The van der Waals surface area contributed by atoms with Crippen LogP contribution < -0.4 is 5.32 Å². The van der Waals surface area contributed by atoms with Crippen LogP contribution in [0.5, 0.6) is 0 Å². The summed E-state index contributed by atoms with van der Waals surface area (Å²) in [5.41, 5.74) is -1.85. The Morgan fingerprint density at radius 3 is 2.58 bits per heavy atom. The average Bonchev–Trinajstić information content (AvgIpc) is 2.52. The van der Waals surface area contributed by atoms with Gasteiger partial charge in [0, 0.05) is 19.6 Å². The Kier molecular flexibility index (Phi) is 6.17. The van der Waals surface area contributed by atoms with Crippen molar-refractivity contribution < 1.29 is 27.5 Å². The molecule has 0 spiro atoms. The van der Waals surface area contributed by atoms with Gasteiger partial charge in [0.25, 0.3) is 5.91 Å². The van der Waals surface area contributed by atoms with E-state index in [0.717, 1.165) is 25.2 Å². The first-order valence-corrected chi connectivity index (χ1v) is 7.83. The number of hydrogen-bond donors (Lipinski definition) is 2. The molecule has 0 bridgehead atoms. The van der Waals surface area contributed by atoms with Gasteiger partial charge in [-0.2, -0.15) is 13.2 Å². The van der Waals surface area contributed by atoms with Crippen LogP contribution in [-0.4, -0.2) is 48.2 Å². The van der Waals surface area contributed by atoms with Crippen molar-refractivity contribution in [2.75, 3.05) is 26.2 Å². The number of aliphatic hydroxyl groups excluding tert-OH is 1. The molecule has 0 aromatic heterocycles. The van der Waals surface area contributed by atoms with Gasteiger partial charge in [-0.05, 0) is 44.0 Å². The molecule has 0 saturated carbocycles. The second-order valence-electron chi connectivity index (χ2n) is 5.87. The number of hydrogen-bond acceptors (Lipinski definition) is 3. The summed E-state index contributed by atoms with van der Waals surface area (Å²) in [6, 6.07) is 2.01. The number of alkyl halides is 3. The summed E-state index contributed by atoms with van der Waals surface area (Å²) in [6.45, 7) is 2.46. The van der Waals surface area contributed by atoms with Crippen molar-refractivity contribution in [3.63, 3.8) is 0 Å². The highest BCUT2D eigenvalue weighted by molar-refractivity contribution is 5.95. The lowest BCUT2D eigenvalue weighted by Gasteiger charge is -2.29. The quantitative estimate of drug-likeness (QED) is 0.635. The number of aliphatic hydroxyl groups is 1. The number of likely N-dealkylation sites (tertiary alicyclic amines) is 1. The predicted molar refractivity (Wildman–Crippen MR) is 80.0 cm³/mol. The van der Waals surface area contributed by atoms with Crippen LogP contribution in [0.15, 0.2) is 18.2 Å². The van der Waals surface area contributed by atoms with Crippen LogP contribution in [-0.2, 0) is 6.18 Å². The highest BCUT2D eigenvalue weighted by Crippen LogP contribution is 2.32. The Morgan fingerprint density at radius 1 is 1.29 bits per heavy atom. The third-order valence-electron chi connectivity index (χ3n) is 4.03. The number of piperidine rings is 1. The number of nitrogens with zero attached hydrogens (tertiary/aromatic N) is 1. The van der Waals surface area contributed by atoms with E-state index in [9.17, 15) is 27.5 Å². The van der Waals surface area contributed by atoms with Crippen molar-refractivity contribution in [3.8, 4) is 0 Å². The number of amides is 1. The van der Waals surface area contributed by atoms with Crippen LogP contribution in [0.3, 0.4) is 0 Å². The maximum atomic E-state index is 13.0. The molecule has 0 atom stereocenters. The fourth-order valence-electron chi connectivity index (χ4n) is 2.69. The zero-order valence-electron chi connectivity index (χ0n) is 13.1. The molecule has 1 aliphatic heterocycles. The normalized spacial score (nSPS) is 17.0. The second kappa shape index (κ2) is 7.94. The van der Waals surface area contributed by atoms with Crippen LogP contribution in [0.1, 0.15) is 35.2 Å². The number of benzene rings is 1. The molecular formula is C16H20F4N2O2. The van der Waals surface area contributed by atoms with Gasteiger partial charge in [-0.1, -0.05) is 0 Å². The van der Waals surface area contributed by atoms with E-state index in [1.807, 2.05) is 0 Å². The largest absolute Gasteiger partial charge is 0.417 e. The zero-order chi connectivity index (χ0) is 17.7. The molecule has 4 nitrogen and oxygen atoms in total. The zero-order valence-corrected chi connectivity index (χ0v) is 13.1. The maximum Gasteiger partial charge on any atom is 0.417 e. The molecule has 2 rings (SSSR count). The topological polar surface area (TPSA) is 52.6 Å². The molecule has 1 fully saturated rings. The fraction of sp³-hybridized carbons (Fsp3) is 0.562. The van der Waals surface area contributed by atoms with E-state index in [1.165, 1.54) is 0 Å². The van der Waals surface area contributed by atoms with Crippen molar-refractivity contribution in [1.82, 2.24) is 10.2 Å². The van der Waals surface area contributed by atoms with Gasteiger partial charge in [0.2, 0.25) is 0 Å². The standard InChI is InChI=1S/C16H20F4N2O2/c17-11-2-3-13(14(10-11)16(18,19)20)15(24)21-6-1-7-22-8-4-12(23)5-9-22/h2-3,10,12,23H,1,4-9H2,(H,21,24). The maximum absolute atomic E-state index is 13.0. The minimum absolute atomic E-state index is 0.229. The molecule has 1 aromatic rings. The number of nitrogens with one attached hydrogen (secondary N) is 1. The SMILES string of the molecule is O=C(NCCCN1CCC(O)CC1)c1ccc(F)cc1C(F)(F)F. The van der Waals surface area contributed by atoms with Crippen LogP contribution in [0, 0.1) is 5.82 Å². The first-order chi connectivity index (χ1) is 11.3. The summed E-state index contributed by atoms with van der Waals surface area (Å²) in [5, 5.41) is 11.8. The van der Waals surface area contributed by atoms with Crippen LogP contribution in [0.2, 0.25) is 0 Å². The lowest BCUT2D eigenvalue weighted by molar-refractivity contribution is -0.138. The third-order valence-corrected chi connectivity index (χ3v) is 4.03. The van der Waals surface area contributed by atoms with Crippen molar-refractivity contribution in [3.05, 3.63) is 35.1 Å². The van der Waals surface area contributed by atoms with Gasteiger partial charge in [0.05, 0.1) is 17.2 Å². The summed E-state index contributed by atoms with van der Waals surface area (Å²) in [5.74, 6) is -1.90. The Hall–Kier alpha value is -1.67. The highest BCUT2D eigenvalue weighted by Gasteiger charge is 2.35. The minimum atomic E-state index is -4.79. The van der Waals surface area contributed by atoms with Gasteiger partial charge in [-0.25, -0.2) is 4.39 Å². The van der Waals surface area contributed by atoms with E-state index >= 15 is 0 Å². The van der Waals surface area contributed by atoms with Crippen molar-refractivity contribution in [2.45, 2.75) is 31.5 Å². The predicted octanol–water partition coefficient (Wildman–Crippen LogP) is 2.42. The number of carbonyl (C=O) groups excluding carboxylic acids is 1. The third kappa shape index (κ3) is 5.17. The smallest absolute Gasteiger partial charge is 0.393 e. The minimum Gasteiger partial charge on any atom is -0.393 e. The van der Waals surface area contributed by atoms with Gasteiger partial charge < -0.3 is 15.3 Å². The van der Waals surface area contributed by atoms with E-state index in [0.29, 0.717) is 31.9 Å². The molecular weight excluding hydrogens is 328 g/mol. The first-order valence-electron chi connectivity index (χ1n) is 7.83. The van der Waals surface area contributed by atoms with Crippen molar-refractivity contribution >= 4 is 5.91 Å². The van der Waals surface area contributed by atoms with Crippen LogP contribution in [0.25, 0.3) is 0 Å². The molecule has 0 radical (unpaired) electrons. The Morgan fingerprint density at radius 2 is 1.96 bits per heavy atom. The summed E-state index contributed by atoms with van der Waals surface area (Å²) < 4.78 is 51.7. The first kappa shape index (κ1) is 18.7. The molecule has 24 heavy (non-hydrogen) atoms. The highest BCUT2D eigenvalue weighted by atomic mass is 19.4. The molecule has 134 valence electrons. The summed E-state index contributed by atoms with van der Waals surface area (Å²) >= 11 is 0. The Balaban J connectivity index is 1.85. The van der Waals surface area contributed by atoms with Gasteiger partial charge in [-0.15, -0.1) is 0 Å². The second-order valence-corrected chi connectivity index (χ2v) is 5.87. The molecule has 8 heteroatoms. The molecule has 2 N–H and O–H groups in total. The van der Waals surface area contributed by atoms with E-state index in [2.05, 4.69) is 10.2 Å². The Labute approximate surface area is 137 Å².